The van der Waals surface area contributed by atoms with Crippen LogP contribution < -0.4 is 14.9 Å². The summed E-state index contributed by atoms with van der Waals surface area (Å²) in [5.41, 5.74) is 3.18. The fraction of sp³-hybridized carbons (Fsp3) is 0.235. The smallest absolute Gasteiger partial charge is 0.416 e. The third-order valence-electron chi connectivity index (χ3n) is 3.60. The number of hydrogen-bond donors (Lipinski definition) is 1. The van der Waals surface area contributed by atoms with Crippen LogP contribution in [0, 0.1) is 0 Å². The quantitative estimate of drug-likeness (QED) is 0.613. The van der Waals surface area contributed by atoms with Gasteiger partial charge in [0.05, 0.1) is 22.0 Å². The Kier molecular flexibility index (Phi) is 4.76. The summed E-state index contributed by atoms with van der Waals surface area (Å²) in [6.45, 7) is 2.68. The van der Waals surface area contributed by atoms with Crippen LogP contribution in [-0.2, 0) is 6.18 Å². The molecule has 4 nitrogen and oxygen atoms in total. The summed E-state index contributed by atoms with van der Waals surface area (Å²) in [6, 6.07) is 8.35. The molecule has 8 heteroatoms. The van der Waals surface area contributed by atoms with Crippen LogP contribution in [0.25, 0.3) is 0 Å². The largest absolute Gasteiger partial charge is 0.486 e. The van der Waals surface area contributed by atoms with Crippen LogP contribution in [-0.4, -0.2) is 18.9 Å². The highest BCUT2D eigenvalue weighted by Gasteiger charge is 2.30. The average molecular weight is 371 g/mol. The van der Waals surface area contributed by atoms with Gasteiger partial charge in [-0.1, -0.05) is 11.6 Å². The minimum absolute atomic E-state index is 0.0772. The summed E-state index contributed by atoms with van der Waals surface area (Å²) >= 11 is 5.93. The fourth-order valence-electron chi connectivity index (χ4n) is 2.26. The zero-order valence-corrected chi connectivity index (χ0v) is 13.9. The van der Waals surface area contributed by atoms with Gasteiger partial charge in [0.2, 0.25) is 0 Å². The Bertz CT molecular complexity index is 822. The Morgan fingerprint density at radius 1 is 1.08 bits per heavy atom. The van der Waals surface area contributed by atoms with E-state index in [9.17, 15) is 13.2 Å². The topological polar surface area (TPSA) is 42.9 Å². The van der Waals surface area contributed by atoms with Crippen LogP contribution in [0.1, 0.15) is 18.1 Å². The van der Waals surface area contributed by atoms with E-state index in [4.69, 9.17) is 21.1 Å². The summed E-state index contributed by atoms with van der Waals surface area (Å²) in [5, 5.41) is 4.26. The predicted molar refractivity (Wildman–Crippen MR) is 89.7 cm³/mol. The van der Waals surface area contributed by atoms with E-state index in [1.807, 2.05) is 0 Å². The normalized spacial score (nSPS) is 14.4. The van der Waals surface area contributed by atoms with Crippen molar-refractivity contribution < 1.29 is 22.6 Å². The minimum Gasteiger partial charge on any atom is -0.486 e. The van der Waals surface area contributed by atoms with Crippen molar-refractivity contribution in [2.75, 3.05) is 18.6 Å². The molecule has 0 aromatic heterocycles. The molecular formula is C17H14ClF3N2O2. The molecule has 0 bridgehead atoms. The number of anilines is 1. The van der Waals surface area contributed by atoms with Crippen molar-refractivity contribution in [3.05, 3.63) is 52.5 Å². The maximum atomic E-state index is 12.8. The van der Waals surface area contributed by atoms with Crippen molar-refractivity contribution in [2.45, 2.75) is 13.1 Å². The molecule has 1 heterocycles. The van der Waals surface area contributed by atoms with Gasteiger partial charge in [-0.25, -0.2) is 0 Å². The van der Waals surface area contributed by atoms with E-state index in [1.54, 1.807) is 25.1 Å². The molecule has 0 atom stereocenters. The van der Waals surface area contributed by atoms with E-state index in [1.165, 1.54) is 6.07 Å². The van der Waals surface area contributed by atoms with Gasteiger partial charge in [0.25, 0.3) is 0 Å². The monoisotopic (exact) mass is 370 g/mol. The van der Waals surface area contributed by atoms with E-state index >= 15 is 0 Å². The van der Waals surface area contributed by atoms with Crippen LogP contribution in [0.15, 0.2) is 41.5 Å². The highest BCUT2D eigenvalue weighted by molar-refractivity contribution is 6.33. The lowest BCUT2D eigenvalue weighted by atomic mass is 10.1. The van der Waals surface area contributed by atoms with E-state index < -0.39 is 11.7 Å². The Hall–Kier alpha value is -2.41. The SMILES string of the molecule is C/C(=N\Nc1cc(C(F)(F)F)ccc1Cl)c1ccc2c(c1)OCCO2. The van der Waals surface area contributed by atoms with Crippen LogP contribution >= 0.6 is 11.6 Å². The van der Waals surface area contributed by atoms with Gasteiger partial charge in [0.15, 0.2) is 11.5 Å². The van der Waals surface area contributed by atoms with Crippen molar-refractivity contribution in [1.82, 2.24) is 0 Å². The number of rotatable bonds is 3. The summed E-state index contributed by atoms with van der Waals surface area (Å²) in [7, 11) is 0. The van der Waals surface area contributed by atoms with E-state index in [0.29, 0.717) is 30.4 Å². The predicted octanol–water partition coefficient (Wildman–Crippen LogP) is 4.97. The first-order valence-electron chi connectivity index (χ1n) is 7.41. The average Bonchev–Trinajstić information content (AvgIpc) is 2.59. The van der Waals surface area contributed by atoms with Gasteiger partial charge >= 0.3 is 6.18 Å². The van der Waals surface area contributed by atoms with Gasteiger partial charge in [-0.2, -0.15) is 18.3 Å². The minimum atomic E-state index is -4.45. The first-order valence-corrected chi connectivity index (χ1v) is 7.79. The van der Waals surface area contributed by atoms with Crippen LogP contribution in [0.4, 0.5) is 18.9 Å². The summed E-state index contributed by atoms with van der Waals surface area (Å²) in [5.74, 6) is 1.26. The number of nitrogens with zero attached hydrogens (tertiary/aromatic N) is 1. The fourth-order valence-corrected chi connectivity index (χ4v) is 2.42. The number of benzene rings is 2. The molecule has 0 aliphatic carbocycles. The Labute approximate surface area is 147 Å². The molecule has 2 aromatic carbocycles. The maximum absolute atomic E-state index is 12.8. The number of fused-ring (bicyclic) bond motifs is 1. The standard InChI is InChI=1S/C17H14ClF3N2O2/c1-10(11-2-5-15-16(8-11)25-7-6-24-15)22-23-14-9-12(17(19,20)21)3-4-13(14)18/h2-5,8-9,23H,6-7H2,1H3/b22-10+. The Morgan fingerprint density at radius 2 is 1.80 bits per heavy atom. The van der Waals surface area contributed by atoms with Gasteiger partial charge in [0.1, 0.15) is 13.2 Å². The molecular weight excluding hydrogens is 357 g/mol. The summed E-state index contributed by atoms with van der Waals surface area (Å²) in [4.78, 5) is 0. The van der Waals surface area contributed by atoms with Gasteiger partial charge in [-0.15, -0.1) is 0 Å². The maximum Gasteiger partial charge on any atom is 0.416 e. The molecule has 25 heavy (non-hydrogen) atoms. The molecule has 0 saturated heterocycles. The van der Waals surface area contributed by atoms with Crippen molar-refractivity contribution in [1.29, 1.82) is 0 Å². The number of nitrogens with one attached hydrogen (secondary N) is 1. The second-order valence-corrected chi connectivity index (χ2v) is 5.77. The van der Waals surface area contributed by atoms with Crippen LogP contribution in [0.2, 0.25) is 5.02 Å². The number of ether oxygens (including phenoxy) is 2. The van der Waals surface area contributed by atoms with E-state index in [0.717, 1.165) is 17.7 Å². The lowest BCUT2D eigenvalue weighted by Gasteiger charge is -2.18. The van der Waals surface area contributed by atoms with Crippen LogP contribution in [0.5, 0.6) is 11.5 Å². The molecule has 1 N–H and O–H groups in total. The lowest BCUT2D eigenvalue weighted by molar-refractivity contribution is -0.137. The summed E-state index contributed by atoms with van der Waals surface area (Å²) < 4.78 is 49.3. The number of alkyl halides is 3. The molecule has 1 aliphatic heterocycles. The second-order valence-electron chi connectivity index (χ2n) is 5.36. The van der Waals surface area contributed by atoms with Crippen molar-refractivity contribution in [3.63, 3.8) is 0 Å². The van der Waals surface area contributed by atoms with Gasteiger partial charge < -0.3 is 9.47 Å². The zero-order chi connectivity index (χ0) is 18.0. The van der Waals surface area contributed by atoms with Gasteiger partial charge in [-0.3, -0.25) is 5.43 Å². The third-order valence-corrected chi connectivity index (χ3v) is 3.93. The third kappa shape index (κ3) is 3.99. The van der Waals surface area contributed by atoms with Crippen molar-refractivity contribution >= 4 is 23.0 Å². The molecule has 3 rings (SSSR count). The lowest BCUT2D eigenvalue weighted by Crippen LogP contribution is -2.15. The molecule has 0 fully saturated rings. The van der Waals surface area contributed by atoms with E-state index in [2.05, 4.69) is 10.5 Å². The van der Waals surface area contributed by atoms with Crippen molar-refractivity contribution in [2.24, 2.45) is 5.10 Å². The first-order chi connectivity index (χ1) is 11.8. The molecule has 0 spiro atoms. The Balaban J connectivity index is 1.82. The number of hydrogen-bond acceptors (Lipinski definition) is 4. The van der Waals surface area contributed by atoms with Gasteiger partial charge in [0, 0.05) is 5.56 Å². The number of hydrazone groups is 1. The molecule has 0 amide bonds. The first kappa shape index (κ1) is 17.4. The molecule has 0 saturated carbocycles. The Morgan fingerprint density at radius 3 is 2.52 bits per heavy atom. The molecule has 1 aliphatic rings. The van der Waals surface area contributed by atoms with Crippen molar-refractivity contribution in [3.8, 4) is 11.5 Å². The highest BCUT2D eigenvalue weighted by Crippen LogP contribution is 2.34. The second kappa shape index (κ2) is 6.84. The molecule has 132 valence electrons. The zero-order valence-electron chi connectivity index (χ0n) is 13.2. The molecule has 0 unspecified atom stereocenters. The summed E-state index contributed by atoms with van der Waals surface area (Å²) in [6.07, 6.45) is -4.45. The molecule has 0 radical (unpaired) electrons. The molecule has 2 aromatic rings. The number of halogens is 4. The van der Waals surface area contributed by atoms with E-state index in [-0.39, 0.29) is 10.7 Å². The van der Waals surface area contributed by atoms with Gasteiger partial charge in [-0.05, 0) is 43.3 Å². The highest BCUT2D eigenvalue weighted by atomic mass is 35.5. The van der Waals surface area contributed by atoms with Crippen LogP contribution in [0.3, 0.4) is 0 Å².